The van der Waals surface area contributed by atoms with Crippen LogP contribution in [0.3, 0.4) is 0 Å². The van der Waals surface area contributed by atoms with Gasteiger partial charge in [0.25, 0.3) is 0 Å². The van der Waals surface area contributed by atoms with Gasteiger partial charge in [0.05, 0.1) is 25.3 Å². The van der Waals surface area contributed by atoms with Crippen molar-refractivity contribution in [3.8, 4) is 0 Å². The number of carbonyl (C=O) groups is 1. The second-order valence-electron chi connectivity index (χ2n) is 6.90. The summed E-state index contributed by atoms with van der Waals surface area (Å²) in [5, 5.41) is 9.21. The van der Waals surface area contributed by atoms with Gasteiger partial charge in [-0.2, -0.15) is 0 Å². The molecule has 2 N–H and O–H groups in total. The van der Waals surface area contributed by atoms with E-state index < -0.39 is 0 Å². The topological polar surface area (TPSA) is 66.5 Å². The summed E-state index contributed by atoms with van der Waals surface area (Å²) in [6.07, 6.45) is 1.23. The van der Waals surface area contributed by atoms with Crippen molar-refractivity contribution in [3.63, 3.8) is 0 Å². The molecule has 1 aromatic carbocycles. The summed E-state index contributed by atoms with van der Waals surface area (Å²) >= 11 is 1.52. The second kappa shape index (κ2) is 9.82. The number of aromatic nitrogens is 1. The van der Waals surface area contributed by atoms with Crippen molar-refractivity contribution in [3.05, 3.63) is 40.9 Å². The molecule has 2 aromatic rings. The number of nitrogens with zero attached hydrogens (tertiary/aromatic N) is 2. The highest BCUT2D eigenvalue weighted by molar-refractivity contribution is 7.13. The Morgan fingerprint density at radius 2 is 2.19 bits per heavy atom. The molecule has 1 amide bonds. The number of hydrogen-bond acceptors (Lipinski definition) is 6. The highest BCUT2D eigenvalue weighted by Crippen LogP contribution is 2.21. The number of nitrogens with one attached hydrogen (secondary N) is 2. The molecule has 1 aliphatic rings. The lowest BCUT2D eigenvalue weighted by atomic mass is 10.2. The van der Waals surface area contributed by atoms with Crippen LogP contribution in [0, 0.1) is 6.92 Å². The van der Waals surface area contributed by atoms with Crippen molar-refractivity contribution in [2.24, 2.45) is 0 Å². The van der Waals surface area contributed by atoms with Crippen LogP contribution in [0.1, 0.15) is 24.6 Å². The molecule has 146 valence electrons. The summed E-state index contributed by atoms with van der Waals surface area (Å²) < 4.78 is 5.38. The molecule has 1 unspecified atom stereocenters. The smallest absolute Gasteiger partial charge is 0.226 e. The van der Waals surface area contributed by atoms with E-state index in [-0.39, 0.29) is 11.9 Å². The third-order valence-electron chi connectivity index (χ3n) is 4.60. The van der Waals surface area contributed by atoms with Crippen LogP contribution in [0.4, 0.5) is 10.8 Å². The molecule has 0 aliphatic carbocycles. The van der Waals surface area contributed by atoms with E-state index in [2.05, 4.69) is 46.5 Å². The lowest BCUT2D eigenvalue weighted by Crippen LogP contribution is -2.47. The van der Waals surface area contributed by atoms with Crippen molar-refractivity contribution >= 4 is 28.1 Å². The monoisotopic (exact) mass is 388 g/mol. The number of rotatable bonds is 8. The summed E-state index contributed by atoms with van der Waals surface area (Å²) in [6.45, 7) is 8.48. The molecule has 1 fully saturated rings. The van der Waals surface area contributed by atoms with Crippen LogP contribution in [0.5, 0.6) is 0 Å². The number of morpholine rings is 1. The largest absolute Gasteiger partial charge is 0.379 e. The van der Waals surface area contributed by atoms with Crippen molar-refractivity contribution in [2.75, 3.05) is 38.2 Å². The van der Waals surface area contributed by atoms with Gasteiger partial charge in [0.1, 0.15) is 0 Å². The first-order valence-corrected chi connectivity index (χ1v) is 10.4. The first kappa shape index (κ1) is 19.8. The number of hydrogen-bond donors (Lipinski definition) is 2. The quantitative estimate of drug-likeness (QED) is 0.728. The highest BCUT2D eigenvalue weighted by atomic mass is 32.1. The minimum atomic E-state index is 0.0301. The van der Waals surface area contributed by atoms with Gasteiger partial charge in [-0.15, -0.1) is 11.3 Å². The number of benzene rings is 1. The van der Waals surface area contributed by atoms with E-state index in [9.17, 15) is 4.79 Å². The third kappa shape index (κ3) is 6.30. The summed E-state index contributed by atoms with van der Waals surface area (Å²) in [7, 11) is 0. The first-order chi connectivity index (χ1) is 13.1. The molecule has 27 heavy (non-hydrogen) atoms. The molecule has 1 atom stereocenters. The average molecular weight is 389 g/mol. The molecule has 0 spiro atoms. The van der Waals surface area contributed by atoms with Crippen LogP contribution in [-0.2, 0) is 16.0 Å². The van der Waals surface area contributed by atoms with Crippen LogP contribution in [0.15, 0.2) is 29.6 Å². The number of thiazole rings is 1. The Kier molecular flexibility index (Phi) is 7.20. The summed E-state index contributed by atoms with van der Waals surface area (Å²) in [5.41, 5.74) is 3.01. The zero-order chi connectivity index (χ0) is 19.1. The molecule has 7 heteroatoms. The van der Waals surface area contributed by atoms with E-state index in [1.54, 1.807) is 0 Å². The van der Waals surface area contributed by atoms with Gasteiger partial charge < -0.3 is 15.4 Å². The fraction of sp³-hybridized carbons (Fsp3) is 0.500. The lowest BCUT2D eigenvalue weighted by Gasteiger charge is -2.30. The molecule has 1 saturated heterocycles. The maximum Gasteiger partial charge on any atom is 0.226 e. The minimum Gasteiger partial charge on any atom is -0.379 e. The van der Waals surface area contributed by atoms with Crippen molar-refractivity contribution in [1.29, 1.82) is 0 Å². The molecular weight excluding hydrogens is 360 g/mol. The maximum atomic E-state index is 12.4. The molecule has 2 heterocycles. The van der Waals surface area contributed by atoms with Crippen molar-refractivity contribution < 1.29 is 9.53 Å². The van der Waals surface area contributed by atoms with Gasteiger partial charge in [0, 0.05) is 36.7 Å². The standard InChI is InChI=1S/C20H28N4O2S/c1-3-16(13-24-7-9-26-10-8-24)21-19(25)12-18-14-27-20(23-18)22-17-6-4-5-15(2)11-17/h4-6,11,14,16H,3,7-10,12-13H2,1-2H3,(H,21,25)(H,22,23). The number of aryl methyl sites for hydroxylation is 1. The van der Waals surface area contributed by atoms with Gasteiger partial charge in [-0.1, -0.05) is 19.1 Å². The van der Waals surface area contributed by atoms with Gasteiger partial charge in [-0.25, -0.2) is 4.98 Å². The Bertz CT molecular complexity index is 743. The fourth-order valence-electron chi connectivity index (χ4n) is 3.11. The van der Waals surface area contributed by atoms with Crippen LogP contribution in [0.2, 0.25) is 0 Å². The van der Waals surface area contributed by atoms with Crippen LogP contribution < -0.4 is 10.6 Å². The minimum absolute atomic E-state index is 0.0301. The molecule has 1 aliphatic heterocycles. The average Bonchev–Trinajstić information content (AvgIpc) is 3.08. The molecule has 0 saturated carbocycles. The molecule has 0 radical (unpaired) electrons. The SMILES string of the molecule is CCC(CN1CCOCC1)NC(=O)Cc1csc(Nc2cccc(C)c2)n1. The Hall–Kier alpha value is -1.96. The van der Waals surface area contributed by atoms with Crippen LogP contribution in [-0.4, -0.2) is 54.7 Å². The van der Waals surface area contributed by atoms with Gasteiger partial charge >= 0.3 is 0 Å². The van der Waals surface area contributed by atoms with Gasteiger partial charge in [0.15, 0.2) is 5.13 Å². The van der Waals surface area contributed by atoms with E-state index in [0.717, 1.165) is 55.8 Å². The normalized spacial score (nSPS) is 16.1. The Labute approximate surface area is 164 Å². The molecule has 1 aromatic heterocycles. The molecule has 0 bridgehead atoms. The van der Waals surface area contributed by atoms with E-state index in [1.165, 1.54) is 16.9 Å². The molecular formula is C20H28N4O2S. The predicted octanol–water partition coefficient (Wildman–Crippen LogP) is 2.96. The molecule has 6 nitrogen and oxygen atoms in total. The zero-order valence-corrected chi connectivity index (χ0v) is 16.8. The number of anilines is 2. The first-order valence-electron chi connectivity index (χ1n) is 9.50. The Morgan fingerprint density at radius 1 is 1.37 bits per heavy atom. The predicted molar refractivity (Wildman–Crippen MR) is 110 cm³/mol. The van der Waals surface area contributed by atoms with E-state index in [4.69, 9.17) is 4.74 Å². The molecule has 3 rings (SSSR count). The van der Waals surface area contributed by atoms with E-state index in [1.807, 2.05) is 17.5 Å². The van der Waals surface area contributed by atoms with Gasteiger partial charge in [-0.3, -0.25) is 9.69 Å². The number of carbonyl (C=O) groups excluding carboxylic acids is 1. The van der Waals surface area contributed by atoms with Crippen LogP contribution in [0.25, 0.3) is 0 Å². The van der Waals surface area contributed by atoms with Crippen molar-refractivity contribution in [1.82, 2.24) is 15.2 Å². The Morgan fingerprint density at radius 3 is 2.93 bits per heavy atom. The lowest BCUT2D eigenvalue weighted by molar-refractivity contribution is -0.121. The Balaban J connectivity index is 1.49. The van der Waals surface area contributed by atoms with Gasteiger partial charge in [-0.05, 0) is 31.0 Å². The summed E-state index contributed by atoms with van der Waals surface area (Å²) in [5.74, 6) is 0.0301. The summed E-state index contributed by atoms with van der Waals surface area (Å²) in [4.78, 5) is 19.3. The zero-order valence-electron chi connectivity index (χ0n) is 16.0. The summed E-state index contributed by atoms with van der Waals surface area (Å²) in [6, 6.07) is 8.32. The third-order valence-corrected chi connectivity index (χ3v) is 5.41. The highest BCUT2D eigenvalue weighted by Gasteiger charge is 2.18. The fourth-order valence-corrected chi connectivity index (χ4v) is 3.84. The maximum absolute atomic E-state index is 12.4. The second-order valence-corrected chi connectivity index (χ2v) is 7.76. The van der Waals surface area contributed by atoms with E-state index >= 15 is 0 Å². The van der Waals surface area contributed by atoms with Crippen molar-refractivity contribution in [2.45, 2.75) is 32.7 Å². The number of ether oxygens (including phenoxy) is 1. The van der Waals surface area contributed by atoms with E-state index in [0.29, 0.717) is 6.42 Å². The van der Waals surface area contributed by atoms with Gasteiger partial charge in [0.2, 0.25) is 5.91 Å². The number of amides is 1. The van der Waals surface area contributed by atoms with Crippen LogP contribution >= 0.6 is 11.3 Å².